The van der Waals surface area contributed by atoms with Crippen LogP contribution in [0.3, 0.4) is 0 Å². The molecule has 0 rings (SSSR count). The average Bonchev–Trinajstić information content (AvgIpc) is 2.21. The van der Waals surface area contributed by atoms with E-state index in [4.69, 9.17) is 4.74 Å². The van der Waals surface area contributed by atoms with Gasteiger partial charge in [-0.3, -0.25) is 4.79 Å². The summed E-state index contributed by atoms with van der Waals surface area (Å²) in [5.74, 6) is 6.94. The van der Waals surface area contributed by atoms with Gasteiger partial charge in [0.1, 0.15) is 6.61 Å². The maximum atomic E-state index is 11.6. The number of ether oxygens (including phenoxy) is 1. The summed E-state index contributed by atoms with van der Waals surface area (Å²) in [7, 11) is 1.83. The Bertz CT molecular complexity index is 274. The van der Waals surface area contributed by atoms with E-state index in [0.29, 0.717) is 31.5 Å². The van der Waals surface area contributed by atoms with Gasteiger partial charge in [-0.15, -0.1) is 0 Å². The highest BCUT2D eigenvalue weighted by Gasteiger charge is 2.09. The highest BCUT2D eigenvalue weighted by molar-refractivity contribution is 5.75. The van der Waals surface area contributed by atoms with Gasteiger partial charge in [0.15, 0.2) is 0 Å². The summed E-state index contributed by atoms with van der Waals surface area (Å²) < 4.78 is 5.29. The van der Waals surface area contributed by atoms with Gasteiger partial charge in [-0.05, 0) is 5.92 Å². The number of rotatable bonds is 6. The molecule has 0 unspecified atom stereocenters. The van der Waals surface area contributed by atoms with E-state index in [2.05, 4.69) is 25.7 Å². The van der Waals surface area contributed by atoms with E-state index in [-0.39, 0.29) is 5.91 Å². The molecule has 3 nitrogen and oxygen atoms in total. The smallest absolute Gasteiger partial charge is 0.224 e. The molecule has 98 valence electrons. The molecule has 0 aliphatic rings. The minimum atomic E-state index is 0.135. The maximum absolute atomic E-state index is 11.6. The summed E-state index contributed by atoms with van der Waals surface area (Å²) in [6.45, 7) is 9.94. The van der Waals surface area contributed by atoms with Crippen molar-refractivity contribution in [1.29, 1.82) is 0 Å². The first-order chi connectivity index (χ1) is 7.93. The van der Waals surface area contributed by atoms with E-state index in [1.165, 1.54) is 0 Å². The summed E-state index contributed by atoms with van der Waals surface area (Å²) in [5, 5.41) is 0. The SMILES string of the molecule is CC(C)C#CCOCCC(=O)N(C)CC(C)C. The predicted molar refractivity (Wildman–Crippen MR) is 70.5 cm³/mol. The Kier molecular flexibility index (Phi) is 8.53. The van der Waals surface area contributed by atoms with Crippen molar-refractivity contribution in [3.63, 3.8) is 0 Å². The number of carbonyl (C=O) groups is 1. The Morgan fingerprint density at radius 1 is 1.29 bits per heavy atom. The van der Waals surface area contributed by atoms with Gasteiger partial charge in [-0.2, -0.15) is 0 Å². The molecule has 0 aromatic carbocycles. The molecule has 17 heavy (non-hydrogen) atoms. The molecule has 3 heteroatoms. The summed E-state index contributed by atoms with van der Waals surface area (Å²) in [5.41, 5.74) is 0. The van der Waals surface area contributed by atoms with E-state index >= 15 is 0 Å². The Hall–Kier alpha value is -1.01. The Morgan fingerprint density at radius 3 is 2.47 bits per heavy atom. The van der Waals surface area contributed by atoms with Crippen LogP contribution in [0.25, 0.3) is 0 Å². The molecule has 0 saturated heterocycles. The van der Waals surface area contributed by atoms with E-state index in [0.717, 1.165) is 6.54 Å². The van der Waals surface area contributed by atoms with Crippen molar-refractivity contribution >= 4 is 5.91 Å². The van der Waals surface area contributed by atoms with Crippen LogP contribution >= 0.6 is 0 Å². The highest BCUT2D eigenvalue weighted by atomic mass is 16.5. The number of carbonyl (C=O) groups excluding carboxylic acids is 1. The Labute approximate surface area is 106 Å². The summed E-state index contributed by atoms with van der Waals surface area (Å²) in [6.07, 6.45) is 0.437. The lowest BCUT2D eigenvalue weighted by Crippen LogP contribution is -2.30. The first-order valence-electron chi connectivity index (χ1n) is 6.23. The van der Waals surface area contributed by atoms with Gasteiger partial charge in [0, 0.05) is 19.5 Å². The second-order valence-electron chi connectivity index (χ2n) is 4.95. The first kappa shape index (κ1) is 16.0. The van der Waals surface area contributed by atoms with Crippen molar-refractivity contribution < 1.29 is 9.53 Å². The van der Waals surface area contributed by atoms with Crippen LogP contribution in [0.5, 0.6) is 0 Å². The molecule has 0 aromatic rings. The van der Waals surface area contributed by atoms with Gasteiger partial charge < -0.3 is 9.64 Å². The van der Waals surface area contributed by atoms with Crippen molar-refractivity contribution in [3.8, 4) is 11.8 Å². The molecule has 0 aliphatic heterocycles. The lowest BCUT2D eigenvalue weighted by atomic mass is 10.2. The van der Waals surface area contributed by atoms with E-state index in [1.807, 2.05) is 20.9 Å². The van der Waals surface area contributed by atoms with E-state index < -0.39 is 0 Å². The van der Waals surface area contributed by atoms with Crippen molar-refractivity contribution in [2.75, 3.05) is 26.8 Å². The van der Waals surface area contributed by atoms with Crippen LogP contribution in [-0.2, 0) is 9.53 Å². The third kappa shape index (κ3) is 9.89. The lowest BCUT2D eigenvalue weighted by molar-refractivity contribution is -0.131. The molecule has 0 bridgehead atoms. The zero-order valence-corrected chi connectivity index (χ0v) is 11.7. The zero-order chi connectivity index (χ0) is 13.3. The molecule has 0 radical (unpaired) electrons. The van der Waals surface area contributed by atoms with Crippen molar-refractivity contribution in [2.24, 2.45) is 11.8 Å². The summed E-state index contributed by atoms with van der Waals surface area (Å²) in [4.78, 5) is 13.4. The minimum absolute atomic E-state index is 0.135. The standard InChI is InChI=1S/C14H25NO2/c1-12(2)7-6-9-17-10-8-14(16)15(5)11-13(3)4/h12-13H,8-11H2,1-5H3. The Morgan fingerprint density at radius 2 is 1.94 bits per heavy atom. The first-order valence-corrected chi connectivity index (χ1v) is 6.23. The van der Waals surface area contributed by atoms with Crippen LogP contribution in [0.1, 0.15) is 34.1 Å². The fourth-order valence-electron chi connectivity index (χ4n) is 1.37. The largest absolute Gasteiger partial charge is 0.368 e. The van der Waals surface area contributed by atoms with Crippen LogP contribution < -0.4 is 0 Å². The van der Waals surface area contributed by atoms with Gasteiger partial charge in [-0.25, -0.2) is 0 Å². The van der Waals surface area contributed by atoms with Gasteiger partial charge in [0.25, 0.3) is 0 Å². The number of amides is 1. The quantitative estimate of drug-likeness (QED) is 0.525. The third-order valence-electron chi connectivity index (χ3n) is 2.09. The molecule has 0 aliphatic carbocycles. The van der Waals surface area contributed by atoms with Crippen molar-refractivity contribution in [2.45, 2.75) is 34.1 Å². The van der Waals surface area contributed by atoms with Crippen molar-refractivity contribution in [1.82, 2.24) is 4.90 Å². The summed E-state index contributed by atoms with van der Waals surface area (Å²) >= 11 is 0. The lowest BCUT2D eigenvalue weighted by Gasteiger charge is -2.19. The molecular weight excluding hydrogens is 214 g/mol. The number of hydrogen-bond donors (Lipinski definition) is 0. The van der Waals surface area contributed by atoms with Gasteiger partial charge in [0.05, 0.1) is 13.0 Å². The predicted octanol–water partition coefficient (Wildman–Crippen LogP) is 2.17. The Balaban J connectivity index is 3.62. The van der Waals surface area contributed by atoms with E-state index in [1.54, 1.807) is 4.90 Å². The number of hydrogen-bond acceptors (Lipinski definition) is 2. The molecule has 0 saturated carbocycles. The highest BCUT2D eigenvalue weighted by Crippen LogP contribution is 1.98. The maximum Gasteiger partial charge on any atom is 0.224 e. The van der Waals surface area contributed by atoms with Crippen LogP contribution in [-0.4, -0.2) is 37.6 Å². The summed E-state index contributed by atoms with van der Waals surface area (Å²) in [6, 6.07) is 0. The van der Waals surface area contributed by atoms with Crippen LogP contribution in [0.4, 0.5) is 0 Å². The third-order valence-corrected chi connectivity index (χ3v) is 2.09. The topological polar surface area (TPSA) is 29.5 Å². The molecule has 0 atom stereocenters. The average molecular weight is 239 g/mol. The fourth-order valence-corrected chi connectivity index (χ4v) is 1.37. The molecule has 0 N–H and O–H groups in total. The molecule has 0 heterocycles. The van der Waals surface area contributed by atoms with Gasteiger partial charge in [-0.1, -0.05) is 39.5 Å². The van der Waals surface area contributed by atoms with Crippen LogP contribution in [0, 0.1) is 23.7 Å². The molecule has 1 amide bonds. The van der Waals surface area contributed by atoms with Crippen molar-refractivity contribution in [3.05, 3.63) is 0 Å². The molecule has 0 aromatic heterocycles. The molecular formula is C14H25NO2. The molecule has 0 spiro atoms. The monoisotopic (exact) mass is 239 g/mol. The van der Waals surface area contributed by atoms with Crippen LogP contribution in [0.15, 0.2) is 0 Å². The van der Waals surface area contributed by atoms with E-state index in [9.17, 15) is 4.79 Å². The van der Waals surface area contributed by atoms with Gasteiger partial charge in [0.2, 0.25) is 5.91 Å². The van der Waals surface area contributed by atoms with Crippen LogP contribution in [0.2, 0.25) is 0 Å². The van der Waals surface area contributed by atoms with Gasteiger partial charge >= 0.3 is 0 Å². The second-order valence-corrected chi connectivity index (χ2v) is 4.95. The minimum Gasteiger partial charge on any atom is -0.368 e. The second kappa shape index (κ2) is 9.07. The number of nitrogens with zero attached hydrogens (tertiary/aromatic N) is 1. The normalized spacial score (nSPS) is 10.3. The fraction of sp³-hybridized carbons (Fsp3) is 0.786. The molecule has 0 fully saturated rings. The zero-order valence-electron chi connectivity index (χ0n) is 11.7.